The highest BCUT2D eigenvalue weighted by Crippen LogP contribution is 2.23. The second-order valence-electron chi connectivity index (χ2n) is 4.81. The molecule has 4 N–H and O–H groups in total. The van der Waals surface area contributed by atoms with Crippen LogP contribution in [0.2, 0.25) is 5.02 Å². The number of carbonyl (C=O) groups is 2. The molecule has 0 atom stereocenters. The highest BCUT2D eigenvalue weighted by molar-refractivity contribution is 6.40. The van der Waals surface area contributed by atoms with Crippen LogP contribution in [0.3, 0.4) is 0 Å². The number of phenolic OH excluding ortho intramolecular Hbond substituents is 2. The minimum atomic E-state index is -0.983. The fourth-order valence-corrected chi connectivity index (χ4v) is 1.95. The molecule has 0 spiro atoms. The lowest BCUT2D eigenvalue weighted by molar-refractivity contribution is -0.136. The molecular formula is C16H14ClN3O4. The lowest BCUT2D eigenvalue weighted by Crippen LogP contribution is -2.32. The third kappa shape index (κ3) is 4.23. The standard InChI is InChI=1S/C16H14ClN3O4/c1-9-12(17)3-2-4-13(9)19-15(23)16(24)20-18-8-10-5-6-11(21)7-14(10)22/h2-8,21-22H,1H3,(H,19,23)(H,20,24)/b18-8+. The molecule has 0 saturated carbocycles. The normalized spacial score (nSPS) is 10.6. The van der Waals surface area contributed by atoms with Gasteiger partial charge in [0.2, 0.25) is 0 Å². The van der Waals surface area contributed by atoms with Crippen molar-refractivity contribution in [2.45, 2.75) is 6.92 Å². The predicted octanol–water partition coefficient (Wildman–Crippen LogP) is 2.15. The summed E-state index contributed by atoms with van der Waals surface area (Å²) in [5, 5.41) is 25.2. The van der Waals surface area contributed by atoms with Gasteiger partial charge in [-0.3, -0.25) is 9.59 Å². The van der Waals surface area contributed by atoms with Gasteiger partial charge in [-0.15, -0.1) is 0 Å². The van der Waals surface area contributed by atoms with Crippen molar-refractivity contribution in [3.63, 3.8) is 0 Å². The fourth-order valence-electron chi connectivity index (χ4n) is 1.77. The second kappa shape index (κ2) is 7.47. The van der Waals surface area contributed by atoms with E-state index in [-0.39, 0.29) is 17.1 Å². The molecule has 2 rings (SSSR count). The Kier molecular flexibility index (Phi) is 5.39. The maximum atomic E-state index is 11.8. The first-order valence-corrected chi connectivity index (χ1v) is 7.17. The number of anilines is 1. The van der Waals surface area contributed by atoms with Crippen molar-refractivity contribution in [2.75, 3.05) is 5.32 Å². The minimum absolute atomic E-state index is 0.107. The zero-order chi connectivity index (χ0) is 17.7. The van der Waals surface area contributed by atoms with Crippen LogP contribution in [0, 0.1) is 6.92 Å². The van der Waals surface area contributed by atoms with Gasteiger partial charge in [-0.1, -0.05) is 17.7 Å². The summed E-state index contributed by atoms with van der Waals surface area (Å²) in [5.74, 6) is -2.21. The predicted molar refractivity (Wildman–Crippen MR) is 90.3 cm³/mol. The summed E-state index contributed by atoms with van der Waals surface area (Å²) in [7, 11) is 0. The third-order valence-corrected chi connectivity index (χ3v) is 3.52. The number of hydrogen-bond acceptors (Lipinski definition) is 5. The van der Waals surface area contributed by atoms with Crippen LogP contribution in [0.5, 0.6) is 11.5 Å². The summed E-state index contributed by atoms with van der Waals surface area (Å²) < 4.78 is 0. The number of halogens is 1. The number of aromatic hydroxyl groups is 2. The first-order valence-electron chi connectivity index (χ1n) is 6.80. The third-order valence-electron chi connectivity index (χ3n) is 3.11. The smallest absolute Gasteiger partial charge is 0.329 e. The van der Waals surface area contributed by atoms with Gasteiger partial charge < -0.3 is 15.5 Å². The molecule has 2 amide bonds. The van der Waals surface area contributed by atoms with Gasteiger partial charge in [-0.05, 0) is 36.8 Å². The molecule has 0 saturated heterocycles. The molecule has 124 valence electrons. The van der Waals surface area contributed by atoms with Crippen molar-refractivity contribution in [1.29, 1.82) is 0 Å². The van der Waals surface area contributed by atoms with E-state index in [1.807, 2.05) is 5.43 Å². The van der Waals surface area contributed by atoms with Gasteiger partial charge in [-0.25, -0.2) is 5.43 Å². The van der Waals surface area contributed by atoms with Crippen LogP contribution in [-0.2, 0) is 9.59 Å². The quantitative estimate of drug-likeness (QED) is 0.387. The average molecular weight is 348 g/mol. The van der Waals surface area contributed by atoms with Gasteiger partial charge in [0.25, 0.3) is 0 Å². The van der Waals surface area contributed by atoms with Crippen molar-refractivity contribution < 1.29 is 19.8 Å². The Morgan fingerprint density at radius 2 is 1.92 bits per heavy atom. The molecular weight excluding hydrogens is 334 g/mol. The minimum Gasteiger partial charge on any atom is -0.508 e. The summed E-state index contributed by atoms with van der Waals surface area (Å²) in [5.41, 5.74) is 3.36. The zero-order valence-corrected chi connectivity index (χ0v) is 13.3. The van der Waals surface area contributed by atoms with Gasteiger partial charge in [-0.2, -0.15) is 5.10 Å². The summed E-state index contributed by atoms with van der Waals surface area (Å²) in [6.07, 6.45) is 1.14. The van der Waals surface area contributed by atoms with Gasteiger partial charge >= 0.3 is 11.8 Å². The number of nitrogens with one attached hydrogen (secondary N) is 2. The molecule has 0 aliphatic rings. The molecule has 2 aromatic rings. The number of benzene rings is 2. The Balaban J connectivity index is 1.98. The maximum absolute atomic E-state index is 11.8. The Hall–Kier alpha value is -3.06. The van der Waals surface area contributed by atoms with E-state index in [4.69, 9.17) is 16.7 Å². The summed E-state index contributed by atoms with van der Waals surface area (Å²) in [4.78, 5) is 23.5. The van der Waals surface area contributed by atoms with Crippen molar-refractivity contribution in [3.05, 3.63) is 52.5 Å². The number of phenols is 2. The monoisotopic (exact) mass is 347 g/mol. The van der Waals surface area contributed by atoms with Crippen LogP contribution in [0.15, 0.2) is 41.5 Å². The van der Waals surface area contributed by atoms with Crippen LogP contribution < -0.4 is 10.7 Å². The van der Waals surface area contributed by atoms with Crippen LogP contribution in [0.25, 0.3) is 0 Å². The van der Waals surface area contributed by atoms with E-state index in [0.717, 1.165) is 12.3 Å². The van der Waals surface area contributed by atoms with Gasteiger partial charge in [0.15, 0.2) is 0 Å². The number of carbonyl (C=O) groups excluding carboxylic acids is 2. The number of hydrazone groups is 1. The number of amides is 2. The molecule has 0 fully saturated rings. The molecule has 0 aliphatic heterocycles. The van der Waals surface area contributed by atoms with Crippen LogP contribution in [0.4, 0.5) is 5.69 Å². The lowest BCUT2D eigenvalue weighted by atomic mass is 10.2. The molecule has 8 heteroatoms. The Morgan fingerprint density at radius 1 is 1.17 bits per heavy atom. The van der Waals surface area contributed by atoms with E-state index in [1.54, 1.807) is 25.1 Å². The Labute approximate surface area is 142 Å². The van der Waals surface area contributed by atoms with E-state index < -0.39 is 11.8 Å². The van der Waals surface area contributed by atoms with E-state index >= 15 is 0 Å². The van der Waals surface area contributed by atoms with E-state index in [1.165, 1.54) is 12.1 Å². The van der Waals surface area contributed by atoms with Crippen LogP contribution in [0.1, 0.15) is 11.1 Å². The zero-order valence-electron chi connectivity index (χ0n) is 12.6. The SMILES string of the molecule is Cc1c(Cl)cccc1NC(=O)C(=O)N/N=C/c1ccc(O)cc1O. The number of hydrogen-bond donors (Lipinski definition) is 4. The molecule has 0 aliphatic carbocycles. The van der Waals surface area contributed by atoms with E-state index in [9.17, 15) is 14.7 Å². The number of rotatable bonds is 3. The lowest BCUT2D eigenvalue weighted by Gasteiger charge is -2.08. The summed E-state index contributed by atoms with van der Waals surface area (Å²) in [6.45, 7) is 1.71. The van der Waals surface area contributed by atoms with Crippen LogP contribution >= 0.6 is 11.6 Å². The van der Waals surface area contributed by atoms with Gasteiger partial charge in [0.1, 0.15) is 11.5 Å². The summed E-state index contributed by atoms with van der Waals surface area (Å²) in [6, 6.07) is 8.80. The average Bonchev–Trinajstić information content (AvgIpc) is 2.53. The maximum Gasteiger partial charge on any atom is 0.329 e. The van der Waals surface area contributed by atoms with Crippen molar-refractivity contribution in [3.8, 4) is 11.5 Å². The highest BCUT2D eigenvalue weighted by atomic mass is 35.5. The van der Waals surface area contributed by atoms with E-state index in [2.05, 4.69) is 10.4 Å². The molecule has 24 heavy (non-hydrogen) atoms. The van der Waals surface area contributed by atoms with Crippen molar-refractivity contribution >= 4 is 35.3 Å². The first-order chi connectivity index (χ1) is 11.4. The molecule has 2 aromatic carbocycles. The molecule has 0 radical (unpaired) electrons. The van der Waals surface area contributed by atoms with Crippen LogP contribution in [-0.4, -0.2) is 28.2 Å². The molecule has 0 unspecified atom stereocenters. The van der Waals surface area contributed by atoms with Gasteiger partial charge in [0.05, 0.1) is 6.21 Å². The van der Waals surface area contributed by atoms with Crippen molar-refractivity contribution in [1.82, 2.24) is 5.43 Å². The molecule has 0 heterocycles. The van der Waals surface area contributed by atoms with Crippen molar-refractivity contribution in [2.24, 2.45) is 5.10 Å². The topological polar surface area (TPSA) is 111 Å². The number of nitrogens with zero attached hydrogens (tertiary/aromatic N) is 1. The first kappa shape index (κ1) is 17.3. The fraction of sp³-hybridized carbons (Fsp3) is 0.0625. The molecule has 0 bridgehead atoms. The Morgan fingerprint density at radius 3 is 2.62 bits per heavy atom. The second-order valence-corrected chi connectivity index (χ2v) is 5.22. The Bertz CT molecular complexity index is 821. The molecule has 7 nitrogen and oxygen atoms in total. The van der Waals surface area contributed by atoms with Gasteiger partial charge in [0, 0.05) is 22.3 Å². The highest BCUT2D eigenvalue weighted by Gasteiger charge is 2.14. The summed E-state index contributed by atoms with van der Waals surface area (Å²) >= 11 is 5.94. The molecule has 0 aromatic heterocycles. The largest absolute Gasteiger partial charge is 0.508 e. The van der Waals surface area contributed by atoms with E-state index in [0.29, 0.717) is 16.3 Å².